The Bertz CT molecular complexity index is 953. The average Bonchev–Trinajstić information content (AvgIpc) is 3.40. The van der Waals surface area contributed by atoms with Crippen molar-refractivity contribution in [1.82, 2.24) is 25.2 Å². The van der Waals surface area contributed by atoms with E-state index in [9.17, 15) is 9.59 Å². The fraction of sp³-hybridized carbons (Fsp3) is 0.294. The van der Waals surface area contributed by atoms with E-state index in [1.165, 1.54) is 10.7 Å². The monoisotopic (exact) mass is 355 g/mol. The molecule has 3 aromatic rings. The number of H-pyrrole nitrogens is 1. The van der Waals surface area contributed by atoms with Crippen LogP contribution in [0.3, 0.4) is 0 Å². The van der Waals surface area contributed by atoms with Crippen LogP contribution in [0.15, 0.2) is 45.7 Å². The van der Waals surface area contributed by atoms with Crippen LogP contribution in [0, 0.1) is 0 Å². The number of nitrogens with one attached hydrogen (secondary N) is 2. The van der Waals surface area contributed by atoms with E-state index in [0.29, 0.717) is 24.0 Å². The number of nitrogens with zero attached hydrogens (tertiary/aromatic N) is 3. The third-order valence-electron chi connectivity index (χ3n) is 4.08. The van der Waals surface area contributed by atoms with Crippen LogP contribution in [-0.4, -0.2) is 32.4 Å². The number of aromatic nitrogens is 4. The second-order valence-corrected chi connectivity index (χ2v) is 5.91. The maximum Gasteiger partial charge on any atom is 0.271 e. The molecule has 2 N–H and O–H groups in total. The molecule has 134 valence electrons. The lowest BCUT2D eigenvalue weighted by Gasteiger charge is -2.02. The Morgan fingerprint density at radius 2 is 2.19 bits per heavy atom. The topological polar surface area (TPSA) is 115 Å². The van der Waals surface area contributed by atoms with Gasteiger partial charge in [0.25, 0.3) is 17.4 Å². The van der Waals surface area contributed by atoms with E-state index in [2.05, 4.69) is 20.6 Å². The van der Waals surface area contributed by atoms with Crippen LogP contribution in [0.2, 0.25) is 0 Å². The van der Waals surface area contributed by atoms with Crippen molar-refractivity contribution in [1.29, 1.82) is 0 Å². The molecule has 1 aromatic carbocycles. The number of aromatic amines is 1. The fourth-order valence-electron chi connectivity index (χ4n) is 2.78. The van der Waals surface area contributed by atoms with Gasteiger partial charge in [0.1, 0.15) is 11.8 Å². The highest BCUT2D eigenvalue weighted by Gasteiger charge is 2.24. The molecule has 1 amide bonds. The molecule has 1 aliphatic heterocycles. The molecule has 26 heavy (non-hydrogen) atoms. The molecule has 4 rings (SSSR count). The van der Waals surface area contributed by atoms with Gasteiger partial charge in [-0.15, -0.1) is 0 Å². The summed E-state index contributed by atoms with van der Waals surface area (Å²) >= 11 is 0. The zero-order chi connectivity index (χ0) is 17.9. The van der Waals surface area contributed by atoms with E-state index in [1.54, 1.807) is 12.1 Å². The van der Waals surface area contributed by atoms with Gasteiger partial charge >= 0.3 is 0 Å². The normalized spacial score (nSPS) is 16.7. The lowest BCUT2D eigenvalue weighted by atomic mass is 10.2. The number of rotatable bonds is 5. The number of amides is 1. The number of carbonyl (C=O) groups excluding carboxylic acids is 1. The molecular weight excluding hydrogens is 338 g/mol. The summed E-state index contributed by atoms with van der Waals surface area (Å²) < 4.78 is 12.0. The molecule has 0 radical (unpaired) electrons. The second-order valence-electron chi connectivity index (χ2n) is 5.91. The summed E-state index contributed by atoms with van der Waals surface area (Å²) in [7, 11) is 0. The summed E-state index contributed by atoms with van der Waals surface area (Å²) in [5.41, 5.74) is 0.485. The van der Waals surface area contributed by atoms with Gasteiger partial charge in [0, 0.05) is 12.7 Å². The van der Waals surface area contributed by atoms with Gasteiger partial charge in [-0.3, -0.25) is 14.7 Å². The summed E-state index contributed by atoms with van der Waals surface area (Å²) in [5.74, 6) is 0.351. The third kappa shape index (κ3) is 3.29. The van der Waals surface area contributed by atoms with E-state index < -0.39 is 5.91 Å². The Kier molecular flexibility index (Phi) is 4.36. The summed E-state index contributed by atoms with van der Waals surface area (Å²) in [4.78, 5) is 28.6. The molecular formula is C17H17N5O4. The highest BCUT2D eigenvalue weighted by molar-refractivity contribution is 5.92. The smallest absolute Gasteiger partial charge is 0.271 e. The molecule has 0 spiro atoms. The SMILES string of the molecule is O=C(NCc1noc(C2CCCO2)n1)c1cc(=O)n(-c2ccccc2)[nH]1. The Morgan fingerprint density at radius 1 is 1.35 bits per heavy atom. The minimum Gasteiger partial charge on any atom is -0.368 e. The van der Waals surface area contributed by atoms with Crippen LogP contribution in [0.5, 0.6) is 0 Å². The number of ether oxygens (including phenoxy) is 1. The molecule has 1 aliphatic rings. The summed E-state index contributed by atoms with van der Waals surface area (Å²) in [6.07, 6.45) is 1.65. The largest absolute Gasteiger partial charge is 0.368 e. The highest BCUT2D eigenvalue weighted by atomic mass is 16.5. The fourth-order valence-corrected chi connectivity index (χ4v) is 2.78. The van der Waals surface area contributed by atoms with Crippen LogP contribution < -0.4 is 10.9 Å². The molecule has 1 fully saturated rings. The van der Waals surface area contributed by atoms with Gasteiger partial charge in [0.2, 0.25) is 0 Å². The standard InChI is InChI=1S/C17H17N5O4/c23-15-9-12(20-22(15)11-5-2-1-3-6-11)16(24)18-10-14-19-17(26-21-14)13-7-4-8-25-13/h1-3,5-6,9,13,20H,4,7-8,10H2,(H,18,24). The summed E-state index contributed by atoms with van der Waals surface area (Å²) in [5, 5.41) is 9.29. The van der Waals surface area contributed by atoms with E-state index in [-0.39, 0.29) is 23.9 Å². The molecule has 9 heteroatoms. The lowest BCUT2D eigenvalue weighted by Crippen LogP contribution is -2.24. The second kappa shape index (κ2) is 6.96. The van der Waals surface area contributed by atoms with Gasteiger partial charge in [-0.25, -0.2) is 4.68 Å². The third-order valence-corrected chi connectivity index (χ3v) is 4.08. The number of para-hydroxylation sites is 1. The number of hydrogen-bond acceptors (Lipinski definition) is 6. The lowest BCUT2D eigenvalue weighted by molar-refractivity contribution is 0.0835. The van der Waals surface area contributed by atoms with E-state index >= 15 is 0 Å². The molecule has 3 heterocycles. The highest BCUT2D eigenvalue weighted by Crippen LogP contribution is 2.26. The maximum absolute atomic E-state index is 12.3. The van der Waals surface area contributed by atoms with Crippen LogP contribution in [0.25, 0.3) is 5.69 Å². The Hall–Kier alpha value is -3.20. The van der Waals surface area contributed by atoms with Crippen LogP contribution in [-0.2, 0) is 11.3 Å². The van der Waals surface area contributed by atoms with Crippen LogP contribution in [0.1, 0.15) is 41.1 Å². The van der Waals surface area contributed by atoms with Crippen molar-refractivity contribution in [2.75, 3.05) is 6.61 Å². The minimum atomic E-state index is -0.430. The van der Waals surface area contributed by atoms with Crippen molar-refractivity contribution in [3.05, 3.63) is 64.2 Å². The zero-order valence-corrected chi connectivity index (χ0v) is 13.8. The first-order chi connectivity index (χ1) is 12.7. The summed E-state index contributed by atoms with van der Waals surface area (Å²) in [6.45, 7) is 0.776. The first-order valence-electron chi connectivity index (χ1n) is 8.30. The van der Waals surface area contributed by atoms with Gasteiger partial charge in [-0.2, -0.15) is 4.98 Å². The van der Waals surface area contributed by atoms with Crippen LogP contribution in [0.4, 0.5) is 0 Å². The molecule has 0 saturated carbocycles. The molecule has 0 bridgehead atoms. The number of hydrogen-bond donors (Lipinski definition) is 2. The Balaban J connectivity index is 1.42. The minimum absolute atomic E-state index is 0.0909. The first kappa shape index (κ1) is 16.3. The van der Waals surface area contributed by atoms with E-state index in [4.69, 9.17) is 9.26 Å². The Labute approximate surface area is 148 Å². The van der Waals surface area contributed by atoms with Gasteiger partial charge in [-0.1, -0.05) is 23.4 Å². The van der Waals surface area contributed by atoms with Crippen molar-refractivity contribution in [3.63, 3.8) is 0 Å². The molecule has 1 unspecified atom stereocenters. The van der Waals surface area contributed by atoms with Gasteiger partial charge in [0.05, 0.1) is 12.2 Å². The van der Waals surface area contributed by atoms with Gasteiger partial charge < -0.3 is 14.6 Å². The zero-order valence-electron chi connectivity index (χ0n) is 13.8. The average molecular weight is 355 g/mol. The van der Waals surface area contributed by atoms with Crippen molar-refractivity contribution >= 4 is 5.91 Å². The predicted octanol–water partition coefficient (Wildman–Crippen LogP) is 1.33. The first-order valence-corrected chi connectivity index (χ1v) is 8.30. The van der Waals surface area contributed by atoms with Crippen molar-refractivity contribution in [2.24, 2.45) is 0 Å². The summed E-state index contributed by atoms with van der Waals surface area (Å²) in [6, 6.07) is 10.3. The number of benzene rings is 1. The van der Waals surface area contributed by atoms with Crippen molar-refractivity contribution in [3.8, 4) is 5.69 Å². The van der Waals surface area contributed by atoms with Gasteiger partial charge in [-0.05, 0) is 25.0 Å². The quantitative estimate of drug-likeness (QED) is 0.713. The molecule has 2 aromatic heterocycles. The molecule has 1 saturated heterocycles. The molecule has 1 atom stereocenters. The van der Waals surface area contributed by atoms with E-state index in [0.717, 1.165) is 12.8 Å². The van der Waals surface area contributed by atoms with Crippen molar-refractivity contribution < 1.29 is 14.1 Å². The maximum atomic E-state index is 12.3. The van der Waals surface area contributed by atoms with Gasteiger partial charge in [0.15, 0.2) is 5.82 Å². The number of carbonyl (C=O) groups is 1. The van der Waals surface area contributed by atoms with Crippen LogP contribution >= 0.6 is 0 Å². The van der Waals surface area contributed by atoms with Crippen molar-refractivity contribution in [2.45, 2.75) is 25.5 Å². The molecule has 9 nitrogen and oxygen atoms in total. The predicted molar refractivity (Wildman–Crippen MR) is 89.8 cm³/mol. The Morgan fingerprint density at radius 3 is 2.96 bits per heavy atom. The van der Waals surface area contributed by atoms with E-state index in [1.807, 2.05) is 18.2 Å². The molecule has 0 aliphatic carbocycles.